The molecule has 0 aliphatic heterocycles. The van der Waals surface area contributed by atoms with Crippen LogP contribution < -0.4 is 27.0 Å². The summed E-state index contributed by atoms with van der Waals surface area (Å²) < 4.78 is 11.2. The zero-order valence-electron chi connectivity index (χ0n) is 31.3. The fourth-order valence-electron chi connectivity index (χ4n) is 5.79. The van der Waals surface area contributed by atoms with Gasteiger partial charge in [0.2, 0.25) is 17.7 Å². The van der Waals surface area contributed by atoms with Crippen molar-refractivity contribution in [2.45, 2.75) is 180 Å². The predicted molar refractivity (Wildman–Crippen MR) is 192 cm³/mol. The Kier molecular flexibility index (Phi) is 22.4. The van der Waals surface area contributed by atoms with Gasteiger partial charge < -0.3 is 36.5 Å². The maximum absolute atomic E-state index is 13.6. The highest BCUT2D eigenvalue weighted by molar-refractivity contribution is 5.92. The molecule has 1 aliphatic carbocycles. The highest BCUT2D eigenvalue weighted by atomic mass is 16.6. The fraction of sp³-hybridized carbons (Fsp3) is 0.892. The first-order valence-corrected chi connectivity index (χ1v) is 18.9. The lowest BCUT2D eigenvalue weighted by atomic mass is 9.87. The van der Waals surface area contributed by atoms with E-state index in [0.717, 1.165) is 45.1 Å². The Morgan fingerprint density at radius 3 is 1.92 bits per heavy atom. The van der Waals surface area contributed by atoms with Gasteiger partial charge in [0.05, 0.1) is 12.2 Å². The van der Waals surface area contributed by atoms with Gasteiger partial charge in [-0.05, 0) is 92.5 Å². The minimum Gasteiger partial charge on any atom is -0.444 e. The molecule has 0 heterocycles. The third-order valence-corrected chi connectivity index (χ3v) is 8.49. The van der Waals surface area contributed by atoms with Gasteiger partial charge >= 0.3 is 6.09 Å². The fourth-order valence-corrected chi connectivity index (χ4v) is 5.79. The predicted octanol–water partition coefficient (Wildman–Crippen LogP) is 6.02. The van der Waals surface area contributed by atoms with Crippen LogP contribution in [-0.4, -0.2) is 73.3 Å². The van der Waals surface area contributed by atoms with Gasteiger partial charge in [0.25, 0.3) is 0 Å². The summed E-state index contributed by atoms with van der Waals surface area (Å²) in [6.07, 6.45) is 17.1. The van der Waals surface area contributed by atoms with Crippen molar-refractivity contribution in [3.63, 3.8) is 0 Å². The molecule has 0 spiro atoms. The van der Waals surface area contributed by atoms with E-state index in [0.29, 0.717) is 44.7 Å². The molecule has 0 aromatic heterocycles. The van der Waals surface area contributed by atoms with Crippen LogP contribution in [0.25, 0.3) is 0 Å². The monoisotopic (exact) mass is 682 g/mol. The van der Waals surface area contributed by atoms with Crippen molar-refractivity contribution >= 4 is 23.8 Å². The first-order chi connectivity index (χ1) is 22.7. The van der Waals surface area contributed by atoms with E-state index in [4.69, 9.17) is 15.2 Å². The van der Waals surface area contributed by atoms with Crippen molar-refractivity contribution in [1.82, 2.24) is 21.3 Å². The summed E-state index contributed by atoms with van der Waals surface area (Å²) in [5.41, 5.74) is 4.47. The van der Waals surface area contributed by atoms with E-state index in [1.54, 1.807) is 0 Å². The Bertz CT molecular complexity index is 911. The molecule has 4 amide bonds. The average molecular weight is 682 g/mol. The van der Waals surface area contributed by atoms with E-state index in [1.165, 1.54) is 51.4 Å². The Labute approximate surface area is 291 Å². The molecule has 0 unspecified atom stereocenters. The van der Waals surface area contributed by atoms with E-state index >= 15 is 0 Å². The molecule has 0 bridgehead atoms. The summed E-state index contributed by atoms with van der Waals surface area (Å²) in [7, 11) is 0. The molecule has 1 rings (SSSR count). The summed E-state index contributed by atoms with van der Waals surface area (Å²) in [6, 6.07) is -1.70. The van der Waals surface area contributed by atoms with Crippen LogP contribution in [0.4, 0.5) is 4.79 Å². The van der Waals surface area contributed by atoms with Crippen LogP contribution in [0.3, 0.4) is 0 Å². The van der Waals surface area contributed by atoms with Crippen LogP contribution in [0.1, 0.15) is 157 Å². The zero-order valence-corrected chi connectivity index (χ0v) is 31.3. The Balaban J connectivity index is 2.74. The van der Waals surface area contributed by atoms with E-state index in [-0.39, 0.29) is 18.4 Å². The molecule has 0 aromatic carbocycles. The Morgan fingerprint density at radius 1 is 0.688 bits per heavy atom. The van der Waals surface area contributed by atoms with Crippen molar-refractivity contribution in [2.24, 2.45) is 11.7 Å². The minimum atomic E-state index is -0.925. The van der Waals surface area contributed by atoms with Crippen molar-refractivity contribution in [3.05, 3.63) is 0 Å². The average Bonchev–Trinajstić information content (AvgIpc) is 3.00. The molecule has 0 saturated heterocycles. The van der Waals surface area contributed by atoms with Gasteiger partial charge in [0.1, 0.15) is 17.7 Å². The number of nitrogens with two attached hydrogens (primary N) is 1. The van der Waals surface area contributed by atoms with Crippen LogP contribution in [0.15, 0.2) is 0 Å². The van der Waals surface area contributed by atoms with E-state index in [2.05, 4.69) is 21.3 Å². The van der Waals surface area contributed by atoms with E-state index in [9.17, 15) is 19.2 Å². The number of carbonyl (C=O) groups excluding carboxylic acids is 4. The largest absolute Gasteiger partial charge is 0.444 e. The number of hydrogen-bond donors (Lipinski definition) is 5. The molecule has 0 radical (unpaired) electrons. The summed E-state index contributed by atoms with van der Waals surface area (Å²) >= 11 is 0. The number of unbranched alkanes of at least 4 members (excludes halogenated alkanes) is 8. The molecular formula is C37H71N5O6. The normalized spacial score (nSPS) is 15.3. The molecule has 6 N–H and O–H groups in total. The summed E-state index contributed by atoms with van der Waals surface area (Å²) in [5, 5.41) is 11.6. The summed E-state index contributed by atoms with van der Waals surface area (Å²) in [6.45, 7) is 12.8. The number of carbonyl (C=O) groups is 4. The highest BCUT2D eigenvalue weighted by Crippen LogP contribution is 2.25. The lowest BCUT2D eigenvalue weighted by Gasteiger charge is -2.27. The van der Waals surface area contributed by atoms with E-state index < -0.39 is 35.3 Å². The SMILES string of the molecule is CC(C)(C)OC[C@H](NC(=O)CCCCCCCCCCN)C(=O)N[C@@H](CCCCNC(=O)OC(C)(C)C)C(=O)NCCC1CCCCC1. The van der Waals surface area contributed by atoms with Crippen LogP contribution in [-0.2, 0) is 23.9 Å². The van der Waals surface area contributed by atoms with Crippen LogP contribution >= 0.6 is 0 Å². The second kappa shape index (κ2) is 24.7. The zero-order chi connectivity index (χ0) is 35.8. The lowest BCUT2D eigenvalue weighted by Crippen LogP contribution is -2.55. The number of hydrogen-bond acceptors (Lipinski definition) is 7. The van der Waals surface area contributed by atoms with Crippen molar-refractivity contribution in [2.75, 3.05) is 26.2 Å². The quantitative estimate of drug-likeness (QED) is 0.0779. The van der Waals surface area contributed by atoms with Gasteiger partial charge in [-0.3, -0.25) is 14.4 Å². The Morgan fingerprint density at radius 2 is 1.31 bits per heavy atom. The van der Waals surface area contributed by atoms with Gasteiger partial charge in [-0.25, -0.2) is 4.79 Å². The van der Waals surface area contributed by atoms with Crippen molar-refractivity contribution < 1.29 is 28.7 Å². The maximum Gasteiger partial charge on any atom is 0.407 e. The summed E-state index contributed by atoms with van der Waals surface area (Å²) in [4.78, 5) is 51.9. The summed E-state index contributed by atoms with van der Waals surface area (Å²) in [5.74, 6) is -0.243. The highest BCUT2D eigenvalue weighted by Gasteiger charge is 2.28. The van der Waals surface area contributed by atoms with Gasteiger partial charge in [-0.15, -0.1) is 0 Å². The van der Waals surface area contributed by atoms with Gasteiger partial charge in [-0.1, -0.05) is 70.6 Å². The molecule has 0 aromatic rings. The third-order valence-electron chi connectivity index (χ3n) is 8.49. The maximum atomic E-state index is 13.6. The van der Waals surface area contributed by atoms with Crippen LogP contribution in [0, 0.1) is 5.92 Å². The Hall–Kier alpha value is -2.40. The number of nitrogens with one attached hydrogen (secondary N) is 4. The smallest absolute Gasteiger partial charge is 0.407 e. The van der Waals surface area contributed by atoms with E-state index in [1.807, 2.05) is 41.5 Å². The molecule has 1 fully saturated rings. The van der Waals surface area contributed by atoms with Crippen molar-refractivity contribution in [3.8, 4) is 0 Å². The molecule has 11 heteroatoms. The minimum absolute atomic E-state index is 0.000297. The van der Waals surface area contributed by atoms with Gasteiger partial charge in [0, 0.05) is 19.5 Å². The number of rotatable bonds is 24. The first-order valence-electron chi connectivity index (χ1n) is 18.9. The molecular weight excluding hydrogens is 610 g/mol. The number of ether oxygens (including phenoxy) is 2. The van der Waals surface area contributed by atoms with Gasteiger partial charge in [-0.2, -0.15) is 0 Å². The molecule has 2 atom stereocenters. The van der Waals surface area contributed by atoms with Crippen molar-refractivity contribution in [1.29, 1.82) is 0 Å². The molecule has 1 saturated carbocycles. The second-order valence-corrected chi connectivity index (χ2v) is 15.5. The second-order valence-electron chi connectivity index (χ2n) is 15.5. The van der Waals surface area contributed by atoms with Crippen LogP contribution in [0.5, 0.6) is 0 Å². The third kappa shape index (κ3) is 23.8. The molecule has 1 aliphatic rings. The number of amides is 4. The lowest BCUT2D eigenvalue weighted by molar-refractivity contribution is -0.135. The van der Waals surface area contributed by atoms with Crippen LogP contribution in [0.2, 0.25) is 0 Å². The molecule has 48 heavy (non-hydrogen) atoms. The number of alkyl carbamates (subject to hydrolysis) is 1. The first kappa shape index (κ1) is 43.6. The van der Waals surface area contributed by atoms with Gasteiger partial charge in [0.15, 0.2) is 0 Å². The standard InChI is InChI=1S/C37H71N5O6/c1-36(2,3)47-28-31(41-32(43)23-16-11-9-7-8-10-12-18-25-38)34(45)42-30(22-17-19-26-40-35(46)48-37(4,5)6)33(44)39-27-24-29-20-14-13-15-21-29/h29-31H,7-28,38H2,1-6H3,(H,39,44)(H,40,46)(H,41,43)(H,42,45)/t30-,31-/m0/s1. The molecule has 11 nitrogen and oxygen atoms in total. The molecule has 280 valence electrons. The topological polar surface area (TPSA) is 161 Å².